The average molecular weight is 293 g/mol. The predicted octanol–water partition coefficient (Wildman–Crippen LogP) is 4.44. The van der Waals surface area contributed by atoms with Gasteiger partial charge in [0.1, 0.15) is 0 Å². The third-order valence-electron chi connectivity index (χ3n) is 4.04. The molecule has 3 nitrogen and oxygen atoms in total. The highest BCUT2D eigenvalue weighted by molar-refractivity contribution is 5.85. The van der Waals surface area contributed by atoms with Gasteiger partial charge in [-0.3, -0.25) is 0 Å². The maximum absolute atomic E-state index is 11.8. The number of aromatic nitrogens is 1. The Morgan fingerprint density at radius 1 is 1.00 bits per heavy atom. The molecule has 1 unspecified atom stereocenters. The van der Waals surface area contributed by atoms with Gasteiger partial charge in [0.25, 0.3) is 0 Å². The Morgan fingerprint density at radius 3 is 2.36 bits per heavy atom. The molecule has 1 aromatic heterocycles. The Labute approximate surface area is 129 Å². The Balaban J connectivity index is 2.13. The van der Waals surface area contributed by atoms with Crippen molar-refractivity contribution in [2.24, 2.45) is 0 Å². The summed E-state index contributed by atoms with van der Waals surface area (Å²) in [6.07, 6.45) is 1.86. The highest BCUT2D eigenvalue weighted by atomic mass is 16.4. The molecule has 112 valence electrons. The van der Waals surface area contributed by atoms with E-state index in [1.54, 1.807) is 0 Å². The second-order valence-corrected chi connectivity index (χ2v) is 5.85. The van der Waals surface area contributed by atoms with Gasteiger partial charge in [-0.1, -0.05) is 50.2 Å². The van der Waals surface area contributed by atoms with Gasteiger partial charge in [-0.25, -0.2) is 4.79 Å². The van der Waals surface area contributed by atoms with Crippen molar-refractivity contribution in [1.29, 1.82) is 0 Å². The van der Waals surface area contributed by atoms with Crippen LogP contribution in [0, 0.1) is 0 Å². The zero-order valence-corrected chi connectivity index (χ0v) is 12.7. The molecule has 0 aliphatic heterocycles. The maximum atomic E-state index is 11.8. The molecule has 0 amide bonds. The van der Waals surface area contributed by atoms with Crippen molar-refractivity contribution in [2.75, 3.05) is 0 Å². The minimum Gasteiger partial charge on any atom is -0.479 e. The molecular weight excluding hydrogens is 274 g/mol. The Hall–Kier alpha value is -2.55. The summed E-state index contributed by atoms with van der Waals surface area (Å²) in [6.45, 7) is 4.31. The van der Waals surface area contributed by atoms with Crippen LogP contribution in [0.4, 0.5) is 0 Å². The lowest BCUT2D eigenvalue weighted by Gasteiger charge is -2.16. The molecule has 1 N–H and O–H groups in total. The molecule has 0 aliphatic carbocycles. The first-order valence-corrected chi connectivity index (χ1v) is 7.46. The number of aliphatic carboxylic acids is 1. The molecule has 0 spiro atoms. The van der Waals surface area contributed by atoms with Crippen LogP contribution in [-0.2, 0) is 4.79 Å². The number of nitrogens with zero attached hydrogens (tertiary/aromatic N) is 1. The van der Waals surface area contributed by atoms with Gasteiger partial charge >= 0.3 is 5.97 Å². The first-order chi connectivity index (χ1) is 10.6. The molecule has 1 atom stereocenters. The first kappa shape index (κ1) is 14.4. The van der Waals surface area contributed by atoms with E-state index < -0.39 is 12.0 Å². The van der Waals surface area contributed by atoms with Gasteiger partial charge in [-0.2, -0.15) is 0 Å². The summed E-state index contributed by atoms with van der Waals surface area (Å²) in [5, 5.41) is 10.8. The average Bonchev–Trinajstić information content (AvgIpc) is 2.91. The van der Waals surface area contributed by atoms with Crippen LogP contribution < -0.4 is 0 Å². The fraction of sp³-hybridized carbons (Fsp3) is 0.211. The highest BCUT2D eigenvalue weighted by Gasteiger charge is 2.22. The van der Waals surface area contributed by atoms with Crippen LogP contribution in [0.3, 0.4) is 0 Å². The number of hydrogen-bond acceptors (Lipinski definition) is 1. The van der Waals surface area contributed by atoms with Crippen molar-refractivity contribution in [3.8, 4) is 0 Å². The molecule has 3 aromatic rings. The van der Waals surface area contributed by atoms with Gasteiger partial charge in [-0.15, -0.1) is 0 Å². The lowest BCUT2D eigenvalue weighted by molar-refractivity contribution is -0.139. The number of fused-ring (bicyclic) bond motifs is 1. The number of carbonyl (C=O) groups is 1. The molecule has 3 heteroatoms. The van der Waals surface area contributed by atoms with Crippen molar-refractivity contribution in [3.05, 3.63) is 71.9 Å². The van der Waals surface area contributed by atoms with Crippen molar-refractivity contribution in [1.82, 2.24) is 4.57 Å². The van der Waals surface area contributed by atoms with Crippen LogP contribution in [0.25, 0.3) is 10.9 Å². The van der Waals surface area contributed by atoms with Crippen LogP contribution in [0.5, 0.6) is 0 Å². The van der Waals surface area contributed by atoms with E-state index in [0.717, 1.165) is 16.5 Å². The molecule has 2 aromatic carbocycles. The van der Waals surface area contributed by atoms with E-state index in [1.807, 2.05) is 53.2 Å². The monoisotopic (exact) mass is 293 g/mol. The first-order valence-electron chi connectivity index (χ1n) is 7.46. The number of rotatable bonds is 4. The number of carboxylic acids is 1. The van der Waals surface area contributed by atoms with Crippen molar-refractivity contribution in [3.63, 3.8) is 0 Å². The quantitative estimate of drug-likeness (QED) is 0.772. The number of hydrogen-bond donors (Lipinski definition) is 1. The smallest absolute Gasteiger partial charge is 0.331 e. The molecule has 22 heavy (non-hydrogen) atoms. The highest BCUT2D eigenvalue weighted by Crippen LogP contribution is 2.28. The van der Waals surface area contributed by atoms with Gasteiger partial charge in [-0.05, 0) is 40.6 Å². The molecule has 0 saturated carbocycles. The molecule has 0 bridgehead atoms. The lowest BCUT2D eigenvalue weighted by Crippen LogP contribution is -2.19. The zero-order chi connectivity index (χ0) is 15.7. The van der Waals surface area contributed by atoms with E-state index in [1.165, 1.54) is 5.56 Å². The largest absolute Gasteiger partial charge is 0.479 e. The second kappa shape index (κ2) is 5.68. The Kier molecular flexibility index (Phi) is 3.72. The van der Waals surface area contributed by atoms with E-state index in [0.29, 0.717) is 5.92 Å². The molecule has 0 radical (unpaired) electrons. The van der Waals surface area contributed by atoms with Crippen LogP contribution in [0.2, 0.25) is 0 Å². The van der Waals surface area contributed by atoms with Gasteiger partial charge in [0.05, 0.1) is 0 Å². The van der Waals surface area contributed by atoms with Crippen molar-refractivity contribution in [2.45, 2.75) is 25.8 Å². The van der Waals surface area contributed by atoms with Gasteiger partial charge in [0, 0.05) is 11.7 Å². The summed E-state index contributed by atoms with van der Waals surface area (Å²) >= 11 is 0. The standard InChI is InChI=1S/C19H19NO2/c1-13(2)15-8-9-17-16(12-15)10-11-20(17)18(19(21)22)14-6-4-3-5-7-14/h3-13,18H,1-2H3,(H,21,22). The normalized spacial score (nSPS) is 12.7. The third kappa shape index (κ3) is 2.50. The molecule has 0 aliphatic rings. The van der Waals surface area contributed by atoms with Crippen molar-refractivity contribution < 1.29 is 9.90 Å². The minimum absolute atomic E-state index is 0.456. The van der Waals surface area contributed by atoms with Crippen LogP contribution in [0.1, 0.15) is 36.9 Å². The van der Waals surface area contributed by atoms with Crippen LogP contribution in [-0.4, -0.2) is 15.6 Å². The summed E-state index contributed by atoms with van der Waals surface area (Å²) in [5.41, 5.74) is 2.98. The molecular formula is C19H19NO2. The number of benzene rings is 2. The molecule has 0 saturated heterocycles. The molecule has 0 fully saturated rings. The van der Waals surface area contributed by atoms with Crippen LogP contribution in [0.15, 0.2) is 60.8 Å². The lowest BCUT2D eigenvalue weighted by atomic mass is 10.0. The minimum atomic E-state index is -0.850. The van der Waals surface area contributed by atoms with Crippen LogP contribution >= 0.6 is 0 Å². The fourth-order valence-electron chi connectivity index (χ4n) is 2.82. The Bertz CT molecular complexity index is 803. The van der Waals surface area contributed by atoms with Gasteiger partial charge in [0.15, 0.2) is 6.04 Å². The van der Waals surface area contributed by atoms with E-state index in [9.17, 15) is 9.90 Å². The summed E-state index contributed by atoms with van der Waals surface area (Å²) in [4.78, 5) is 11.8. The van der Waals surface area contributed by atoms with E-state index in [2.05, 4.69) is 26.0 Å². The second-order valence-electron chi connectivity index (χ2n) is 5.85. The summed E-state index contributed by atoms with van der Waals surface area (Å²) in [5.74, 6) is -0.395. The summed E-state index contributed by atoms with van der Waals surface area (Å²) in [7, 11) is 0. The van der Waals surface area contributed by atoms with E-state index in [-0.39, 0.29) is 0 Å². The molecule has 1 heterocycles. The fourth-order valence-corrected chi connectivity index (χ4v) is 2.82. The summed E-state index contributed by atoms with van der Waals surface area (Å²) < 4.78 is 1.83. The van der Waals surface area contributed by atoms with Crippen molar-refractivity contribution >= 4 is 16.9 Å². The summed E-state index contributed by atoms with van der Waals surface area (Å²) in [6, 6.07) is 16.9. The molecule has 3 rings (SSSR count). The number of carboxylic acid groups (broad SMARTS) is 1. The third-order valence-corrected chi connectivity index (χ3v) is 4.04. The predicted molar refractivity (Wildman–Crippen MR) is 88.2 cm³/mol. The van der Waals surface area contributed by atoms with E-state index in [4.69, 9.17) is 0 Å². The van der Waals surface area contributed by atoms with E-state index >= 15 is 0 Å². The maximum Gasteiger partial charge on any atom is 0.331 e. The van der Waals surface area contributed by atoms with Gasteiger partial charge < -0.3 is 9.67 Å². The SMILES string of the molecule is CC(C)c1ccc2c(ccn2C(C(=O)O)c2ccccc2)c1. The topological polar surface area (TPSA) is 42.2 Å². The van der Waals surface area contributed by atoms with Gasteiger partial charge in [0.2, 0.25) is 0 Å². The zero-order valence-electron chi connectivity index (χ0n) is 12.7. The Morgan fingerprint density at radius 2 is 1.73 bits per heavy atom.